The van der Waals surface area contributed by atoms with E-state index >= 15 is 0 Å². The van der Waals surface area contributed by atoms with Crippen LogP contribution >= 0.6 is 0 Å². The van der Waals surface area contributed by atoms with Crippen molar-refractivity contribution in [3.05, 3.63) is 11.7 Å². The van der Waals surface area contributed by atoms with Crippen molar-refractivity contribution in [3.63, 3.8) is 0 Å². The summed E-state index contributed by atoms with van der Waals surface area (Å²) in [6.45, 7) is 2.03. The van der Waals surface area contributed by atoms with E-state index < -0.39 is 0 Å². The van der Waals surface area contributed by atoms with E-state index in [-0.39, 0.29) is 12.6 Å². The Morgan fingerprint density at radius 2 is 2.29 bits per heavy atom. The molecule has 0 bridgehead atoms. The monoisotopic (exact) mass is 199 g/mol. The van der Waals surface area contributed by atoms with E-state index in [9.17, 15) is 0 Å². The van der Waals surface area contributed by atoms with Crippen molar-refractivity contribution in [3.8, 4) is 0 Å². The zero-order valence-electron chi connectivity index (χ0n) is 8.44. The fourth-order valence-electron chi connectivity index (χ4n) is 1.17. The van der Waals surface area contributed by atoms with Gasteiger partial charge >= 0.3 is 0 Å². The summed E-state index contributed by atoms with van der Waals surface area (Å²) in [5.74, 6) is 1.21. The molecule has 0 aliphatic carbocycles. The summed E-state index contributed by atoms with van der Waals surface area (Å²) in [7, 11) is 0. The van der Waals surface area contributed by atoms with Gasteiger partial charge in [0.25, 0.3) is 0 Å². The van der Waals surface area contributed by atoms with Crippen LogP contribution in [0, 0.1) is 0 Å². The minimum absolute atomic E-state index is 0.0544. The second-order valence-electron chi connectivity index (χ2n) is 3.45. The number of nitrogens with zero attached hydrogens (tertiary/aromatic N) is 2. The van der Waals surface area contributed by atoms with E-state index in [2.05, 4.69) is 10.1 Å². The molecule has 1 aromatic rings. The fourth-order valence-corrected chi connectivity index (χ4v) is 1.17. The third-order valence-electron chi connectivity index (χ3n) is 1.90. The zero-order chi connectivity index (χ0) is 10.4. The van der Waals surface area contributed by atoms with E-state index in [0.29, 0.717) is 18.1 Å². The molecule has 1 aromatic heterocycles. The first-order valence-electron chi connectivity index (χ1n) is 4.90. The van der Waals surface area contributed by atoms with Crippen molar-refractivity contribution >= 4 is 0 Å². The van der Waals surface area contributed by atoms with Crippen LogP contribution in [0.15, 0.2) is 4.52 Å². The number of hydrogen-bond acceptors (Lipinski definition) is 5. The highest BCUT2D eigenvalue weighted by Gasteiger charge is 2.05. The highest BCUT2D eigenvalue weighted by molar-refractivity contribution is 4.86. The average molecular weight is 199 g/mol. The number of aryl methyl sites for hydroxylation is 1. The van der Waals surface area contributed by atoms with Gasteiger partial charge in [-0.05, 0) is 19.8 Å². The van der Waals surface area contributed by atoms with Gasteiger partial charge in [0.2, 0.25) is 5.89 Å². The first kappa shape index (κ1) is 11.1. The third kappa shape index (κ3) is 3.85. The first-order chi connectivity index (χ1) is 6.72. The molecule has 0 saturated heterocycles. The molecule has 0 radical (unpaired) electrons. The Bertz CT molecular complexity index is 260. The van der Waals surface area contributed by atoms with Crippen LogP contribution in [0.3, 0.4) is 0 Å². The molecular weight excluding hydrogens is 182 g/mol. The second-order valence-corrected chi connectivity index (χ2v) is 3.45. The molecule has 0 amide bonds. The van der Waals surface area contributed by atoms with Crippen molar-refractivity contribution < 1.29 is 9.63 Å². The predicted octanol–water partition coefficient (Wildman–Crippen LogP) is 0.274. The van der Waals surface area contributed by atoms with Crippen LogP contribution in [-0.2, 0) is 12.8 Å². The van der Waals surface area contributed by atoms with Crippen LogP contribution in [-0.4, -0.2) is 27.9 Å². The fraction of sp³-hybridized carbons (Fsp3) is 0.778. The molecule has 0 saturated carbocycles. The second kappa shape index (κ2) is 5.72. The highest BCUT2D eigenvalue weighted by atomic mass is 16.5. The largest absolute Gasteiger partial charge is 0.396 e. The Balaban J connectivity index is 2.28. The van der Waals surface area contributed by atoms with Gasteiger partial charge in [0.05, 0.1) is 6.61 Å². The lowest BCUT2D eigenvalue weighted by Crippen LogP contribution is -2.14. The van der Waals surface area contributed by atoms with Crippen LogP contribution in [0.4, 0.5) is 0 Å². The van der Waals surface area contributed by atoms with E-state index in [1.54, 1.807) is 0 Å². The van der Waals surface area contributed by atoms with Crippen LogP contribution in [0.2, 0.25) is 0 Å². The number of aromatic nitrogens is 2. The Morgan fingerprint density at radius 3 is 2.93 bits per heavy atom. The summed E-state index contributed by atoms with van der Waals surface area (Å²) in [5, 5.41) is 12.4. The number of hydrogen-bond donors (Lipinski definition) is 2. The van der Waals surface area contributed by atoms with Crippen molar-refractivity contribution in [2.75, 3.05) is 6.61 Å². The van der Waals surface area contributed by atoms with Gasteiger partial charge in [-0.3, -0.25) is 0 Å². The quantitative estimate of drug-likeness (QED) is 0.687. The molecule has 3 N–H and O–H groups in total. The molecule has 5 nitrogen and oxygen atoms in total. The minimum atomic E-state index is 0.0544. The molecule has 1 heterocycles. The summed E-state index contributed by atoms with van der Waals surface area (Å²) < 4.78 is 4.99. The van der Waals surface area contributed by atoms with Crippen molar-refractivity contribution in [1.29, 1.82) is 0 Å². The van der Waals surface area contributed by atoms with Gasteiger partial charge in [0.15, 0.2) is 5.82 Å². The summed E-state index contributed by atoms with van der Waals surface area (Å²) in [5.41, 5.74) is 5.61. The van der Waals surface area contributed by atoms with Crippen LogP contribution < -0.4 is 5.73 Å². The third-order valence-corrected chi connectivity index (χ3v) is 1.90. The van der Waals surface area contributed by atoms with E-state index in [1.165, 1.54) is 0 Å². The number of aliphatic hydroxyl groups excluding tert-OH is 1. The molecule has 1 unspecified atom stereocenters. The number of nitrogens with two attached hydrogens (primary N) is 1. The lowest BCUT2D eigenvalue weighted by Gasteiger charge is -2.00. The number of rotatable bonds is 6. The molecular formula is C9H17N3O2. The maximum atomic E-state index is 8.64. The Hall–Kier alpha value is -0.940. The summed E-state index contributed by atoms with van der Waals surface area (Å²) in [6, 6.07) is 0.217. The van der Waals surface area contributed by atoms with E-state index in [0.717, 1.165) is 19.3 Å². The smallest absolute Gasteiger partial charge is 0.226 e. The van der Waals surface area contributed by atoms with E-state index in [1.807, 2.05) is 6.92 Å². The number of aliphatic hydroxyl groups is 1. The summed E-state index contributed by atoms with van der Waals surface area (Å²) in [4.78, 5) is 4.12. The summed E-state index contributed by atoms with van der Waals surface area (Å²) >= 11 is 0. The normalized spacial score (nSPS) is 13.1. The Kier molecular flexibility index (Phi) is 4.55. The Labute approximate surface area is 83.3 Å². The molecule has 0 aliphatic rings. The lowest BCUT2D eigenvalue weighted by molar-refractivity contribution is 0.292. The topological polar surface area (TPSA) is 85.2 Å². The molecule has 1 atom stereocenters. The van der Waals surface area contributed by atoms with Gasteiger partial charge < -0.3 is 15.4 Å². The molecule has 0 aromatic carbocycles. The molecule has 1 rings (SSSR count). The maximum absolute atomic E-state index is 8.64. The zero-order valence-corrected chi connectivity index (χ0v) is 8.44. The van der Waals surface area contributed by atoms with Crippen molar-refractivity contribution in [1.82, 2.24) is 10.1 Å². The van der Waals surface area contributed by atoms with Gasteiger partial charge in [-0.2, -0.15) is 4.98 Å². The molecule has 14 heavy (non-hydrogen) atoms. The molecule has 0 aliphatic heterocycles. The molecule has 80 valence electrons. The molecule has 5 heteroatoms. The Morgan fingerprint density at radius 1 is 1.50 bits per heavy atom. The van der Waals surface area contributed by atoms with Crippen LogP contribution in [0.5, 0.6) is 0 Å². The van der Waals surface area contributed by atoms with Crippen molar-refractivity contribution in [2.24, 2.45) is 5.73 Å². The molecule has 0 fully saturated rings. The standard InChI is InChI=1S/C9H17N3O2/c1-7(10)3-2-4-9-11-8(5-6-13)12-14-9/h7,13H,2-6,10H2,1H3. The molecule has 0 spiro atoms. The van der Waals surface area contributed by atoms with Gasteiger partial charge in [-0.1, -0.05) is 5.16 Å². The lowest BCUT2D eigenvalue weighted by atomic mass is 10.1. The van der Waals surface area contributed by atoms with Gasteiger partial charge in [-0.25, -0.2) is 0 Å². The maximum Gasteiger partial charge on any atom is 0.226 e. The highest BCUT2D eigenvalue weighted by Crippen LogP contribution is 2.04. The van der Waals surface area contributed by atoms with Gasteiger partial charge in [0, 0.05) is 18.9 Å². The van der Waals surface area contributed by atoms with Crippen LogP contribution in [0.1, 0.15) is 31.5 Å². The first-order valence-corrected chi connectivity index (χ1v) is 4.90. The predicted molar refractivity (Wildman–Crippen MR) is 51.7 cm³/mol. The minimum Gasteiger partial charge on any atom is -0.396 e. The van der Waals surface area contributed by atoms with Crippen LogP contribution in [0.25, 0.3) is 0 Å². The summed E-state index contributed by atoms with van der Waals surface area (Å²) in [6.07, 6.45) is 3.13. The average Bonchev–Trinajstić information content (AvgIpc) is 2.53. The SMILES string of the molecule is CC(N)CCCc1nc(CCO)no1. The van der Waals surface area contributed by atoms with Crippen molar-refractivity contribution in [2.45, 2.75) is 38.6 Å². The van der Waals surface area contributed by atoms with Gasteiger partial charge in [-0.15, -0.1) is 0 Å². The van der Waals surface area contributed by atoms with E-state index in [4.69, 9.17) is 15.4 Å². The van der Waals surface area contributed by atoms with Gasteiger partial charge in [0.1, 0.15) is 0 Å².